The Kier molecular flexibility index (Phi) is 6.10. The lowest BCUT2D eigenvalue weighted by Crippen LogP contribution is -2.38. The molecule has 0 aliphatic heterocycles. The third-order valence-electron chi connectivity index (χ3n) is 2.91. The van der Waals surface area contributed by atoms with Gasteiger partial charge in [0.2, 0.25) is 0 Å². The Morgan fingerprint density at radius 3 is 2.45 bits per heavy atom. The van der Waals surface area contributed by atoms with Crippen LogP contribution in [0.25, 0.3) is 0 Å². The van der Waals surface area contributed by atoms with Gasteiger partial charge in [0, 0.05) is 5.02 Å². The van der Waals surface area contributed by atoms with Crippen LogP contribution in [0.15, 0.2) is 54.6 Å². The molecule has 0 radical (unpaired) electrons. The minimum absolute atomic E-state index is 0.177. The van der Waals surface area contributed by atoms with E-state index in [9.17, 15) is 4.79 Å². The van der Waals surface area contributed by atoms with Gasteiger partial charge in [-0.15, -0.1) is 0 Å². The van der Waals surface area contributed by atoms with Crippen molar-refractivity contribution in [1.82, 2.24) is 5.32 Å². The lowest BCUT2D eigenvalue weighted by molar-refractivity contribution is -0.127. The Bertz CT molecular complexity index is 587. The van der Waals surface area contributed by atoms with Crippen molar-refractivity contribution in [2.45, 2.75) is 13.0 Å². The number of amides is 1. The highest BCUT2D eigenvalue weighted by Crippen LogP contribution is 2.15. The highest BCUT2D eigenvalue weighted by molar-refractivity contribution is 6.30. The van der Waals surface area contributed by atoms with Crippen LogP contribution in [0.3, 0.4) is 0 Å². The predicted molar refractivity (Wildman–Crippen MR) is 86.5 cm³/mol. The maximum Gasteiger partial charge on any atom is 0.260 e. The van der Waals surface area contributed by atoms with Crippen LogP contribution in [0.1, 0.15) is 6.92 Å². The first-order valence-electron chi connectivity index (χ1n) is 7.03. The van der Waals surface area contributed by atoms with E-state index >= 15 is 0 Å². The zero-order valence-electron chi connectivity index (χ0n) is 12.3. The van der Waals surface area contributed by atoms with E-state index in [-0.39, 0.29) is 5.91 Å². The maximum atomic E-state index is 11.9. The normalized spacial score (nSPS) is 11.5. The third-order valence-corrected chi connectivity index (χ3v) is 3.16. The summed E-state index contributed by atoms with van der Waals surface area (Å²) in [5, 5.41) is 3.43. The summed E-state index contributed by atoms with van der Waals surface area (Å²) >= 11 is 5.79. The molecule has 0 heterocycles. The van der Waals surface area contributed by atoms with Gasteiger partial charge in [-0.25, -0.2) is 0 Å². The highest BCUT2D eigenvalue weighted by Gasteiger charge is 2.13. The van der Waals surface area contributed by atoms with Gasteiger partial charge in [-0.1, -0.05) is 29.8 Å². The number of carbonyl (C=O) groups is 1. The molecule has 22 heavy (non-hydrogen) atoms. The average Bonchev–Trinajstić information content (AvgIpc) is 2.54. The van der Waals surface area contributed by atoms with Gasteiger partial charge in [-0.3, -0.25) is 4.79 Å². The largest absolute Gasteiger partial charge is 0.492 e. The summed E-state index contributed by atoms with van der Waals surface area (Å²) in [5.74, 6) is 1.21. The van der Waals surface area contributed by atoms with Crippen molar-refractivity contribution < 1.29 is 14.3 Å². The smallest absolute Gasteiger partial charge is 0.260 e. The molecule has 0 aliphatic rings. The fourth-order valence-corrected chi connectivity index (χ4v) is 1.90. The van der Waals surface area contributed by atoms with E-state index < -0.39 is 6.10 Å². The van der Waals surface area contributed by atoms with Crippen molar-refractivity contribution in [3.63, 3.8) is 0 Å². The van der Waals surface area contributed by atoms with E-state index in [4.69, 9.17) is 21.1 Å². The van der Waals surface area contributed by atoms with E-state index in [0.717, 1.165) is 0 Å². The van der Waals surface area contributed by atoms with Gasteiger partial charge in [-0.05, 0) is 43.3 Å². The summed E-state index contributed by atoms with van der Waals surface area (Å²) in [6, 6.07) is 16.3. The molecule has 1 N–H and O–H groups in total. The van der Waals surface area contributed by atoms with Gasteiger partial charge in [0.25, 0.3) is 5.91 Å². The zero-order valence-corrected chi connectivity index (χ0v) is 13.0. The number of benzene rings is 2. The topological polar surface area (TPSA) is 47.6 Å². The van der Waals surface area contributed by atoms with Crippen molar-refractivity contribution in [2.24, 2.45) is 0 Å². The monoisotopic (exact) mass is 319 g/mol. The van der Waals surface area contributed by atoms with Gasteiger partial charge in [0.05, 0.1) is 6.54 Å². The number of nitrogens with one attached hydrogen (secondary N) is 1. The fraction of sp³-hybridized carbons (Fsp3) is 0.235. The second-order valence-electron chi connectivity index (χ2n) is 4.67. The molecule has 1 atom stereocenters. The second-order valence-corrected chi connectivity index (χ2v) is 5.10. The van der Waals surface area contributed by atoms with Gasteiger partial charge < -0.3 is 14.8 Å². The molecule has 0 spiro atoms. The van der Waals surface area contributed by atoms with Gasteiger partial charge in [0.1, 0.15) is 18.1 Å². The summed E-state index contributed by atoms with van der Waals surface area (Å²) in [6.07, 6.45) is -0.557. The number of para-hydroxylation sites is 1. The number of hydrogen-bond donors (Lipinski definition) is 1. The summed E-state index contributed by atoms with van der Waals surface area (Å²) in [5.41, 5.74) is 0. The van der Waals surface area contributed by atoms with E-state index in [2.05, 4.69) is 5.32 Å². The van der Waals surface area contributed by atoms with Gasteiger partial charge in [-0.2, -0.15) is 0 Å². The van der Waals surface area contributed by atoms with Crippen molar-refractivity contribution in [3.8, 4) is 11.5 Å². The van der Waals surface area contributed by atoms with Crippen molar-refractivity contribution in [2.75, 3.05) is 13.2 Å². The van der Waals surface area contributed by atoms with Crippen molar-refractivity contribution in [3.05, 3.63) is 59.6 Å². The van der Waals surface area contributed by atoms with E-state index in [1.807, 2.05) is 30.3 Å². The molecular formula is C17H18ClNO3. The fourth-order valence-electron chi connectivity index (χ4n) is 1.77. The number of carbonyl (C=O) groups excluding carboxylic acids is 1. The SMILES string of the molecule is CC(Oc1ccccc1)C(=O)NCCOc1ccc(Cl)cc1. The lowest BCUT2D eigenvalue weighted by atomic mass is 10.3. The van der Waals surface area contributed by atoms with Gasteiger partial charge >= 0.3 is 0 Å². The Balaban J connectivity index is 1.67. The molecule has 0 bridgehead atoms. The summed E-state index contributed by atoms with van der Waals surface area (Å²) in [4.78, 5) is 11.9. The van der Waals surface area contributed by atoms with Crippen molar-refractivity contribution in [1.29, 1.82) is 0 Å². The van der Waals surface area contributed by atoms with Crippen LogP contribution in [0.4, 0.5) is 0 Å². The molecule has 0 aromatic heterocycles. The van der Waals surface area contributed by atoms with Crippen LogP contribution < -0.4 is 14.8 Å². The predicted octanol–water partition coefficient (Wildman–Crippen LogP) is 3.30. The molecule has 116 valence electrons. The van der Waals surface area contributed by atoms with E-state index in [1.54, 1.807) is 31.2 Å². The first kappa shape index (κ1) is 16.2. The minimum atomic E-state index is -0.557. The Morgan fingerprint density at radius 1 is 1.09 bits per heavy atom. The molecule has 4 nitrogen and oxygen atoms in total. The molecule has 5 heteroatoms. The number of halogens is 1. The maximum absolute atomic E-state index is 11.9. The average molecular weight is 320 g/mol. The standard InChI is InChI=1S/C17H18ClNO3/c1-13(22-16-5-3-2-4-6-16)17(20)19-11-12-21-15-9-7-14(18)8-10-15/h2-10,13H,11-12H2,1H3,(H,19,20). The summed E-state index contributed by atoms with van der Waals surface area (Å²) in [7, 11) is 0. The van der Waals surface area contributed by atoms with Crippen LogP contribution >= 0.6 is 11.6 Å². The number of ether oxygens (including phenoxy) is 2. The molecule has 2 aromatic carbocycles. The molecule has 1 unspecified atom stereocenters. The van der Waals surface area contributed by atoms with Crippen LogP contribution in [0.2, 0.25) is 5.02 Å². The van der Waals surface area contributed by atoms with Crippen LogP contribution in [0, 0.1) is 0 Å². The molecule has 0 fully saturated rings. The minimum Gasteiger partial charge on any atom is -0.492 e. The first-order chi connectivity index (χ1) is 10.6. The Morgan fingerprint density at radius 2 is 1.77 bits per heavy atom. The van der Waals surface area contributed by atoms with Crippen LogP contribution in [0.5, 0.6) is 11.5 Å². The molecule has 1 amide bonds. The van der Waals surface area contributed by atoms with E-state index in [0.29, 0.717) is 29.7 Å². The third kappa shape index (κ3) is 5.30. The van der Waals surface area contributed by atoms with Crippen LogP contribution in [-0.2, 0) is 4.79 Å². The molecule has 2 aromatic rings. The highest BCUT2D eigenvalue weighted by atomic mass is 35.5. The quantitative estimate of drug-likeness (QED) is 0.797. The van der Waals surface area contributed by atoms with Crippen molar-refractivity contribution >= 4 is 17.5 Å². The molecular weight excluding hydrogens is 302 g/mol. The van der Waals surface area contributed by atoms with Gasteiger partial charge in [0.15, 0.2) is 6.10 Å². The number of rotatable bonds is 7. The lowest BCUT2D eigenvalue weighted by Gasteiger charge is -2.14. The Hall–Kier alpha value is -2.20. The first-order valence-corrected chi connectivity index (χ1v) is 7.41. The number of hydrogen-bond acceptors (Lipinski definition) is 3. The molecule has 2 rings (SSSR count). The summed E-state index contributed by atoms with van der Waals surface area (Å²) in [6.45, 7) is 2.50. The molecule has 0 aliphatic carbocycles. The molecule has 0 saturated carbocycles. The Labute approximate surface area is 135 Å². The summed E-state index contributed by atoms with van der Waals surface area (Å²) < 4.78 is 11.0. The second kappa shape index (κ2) is 8.29. The molecule has 0 saturated heterocycles. The van der Waals surface area contributed by atoms with Crippen LogP contribution in [-0.4, -0.2) is 25.2 Å². The zero-order chi connectivity index (χ0) is 15.8. The van der Waals surface area contributed by atoms with E-state index in [1.165, 1.54) is 0 Å².